The van der Waals surface area contributed by atoms with Crippen LogP contribution in [0, 0.1) is 6.92 Å². The molecule has 1 fully saturated rings. The molecule has 0 unspecified atom stereocenters. The standard InChI is InChI=1S/C14H19NO2/c1-11-3-5-13(6-4-11)14(17)7-9-15(10-8-14)12(2)16/h3-6,17H,7-10H2,1-2H3. The lowest BCUT2D eigenvalue weighted by Crippen LogP contribution is -2.44. The fourth-order valence-corrected chi connectivity index (χ4v) is 2.34. The van der Waals surface area contributed by atoms with Crippen LogP contribution < -0.4 is 0 Å². The van der Waals surface area contributed by atoms with Crippen LogP contribution in [0.4, 0.5) is 0 Å². The number of hydrogen-bond acceptors (Lipinski definition) is 2. The lowest BCUT2D eigenvalue weighted by atomic mass is 9.84. The molecule has 1 heterocycles. The van der Waals surface area contributed by atoms with Crippen LogP contribution >= 0.6 is 0 Å². The number of aryl methyl sites for hydroxylation is 1. The van der Waals surface area contributed by atoms with E-state index in [0.717, 1.165) is 5.56 Å². The number of carbonyl (C=O) groups excluding carboxylic acids is 1. The average molecular weight is 233 g/mol. The monoisotopic (exact) mass is 233 g/mol. The second-order valence-corrected chi connectivity index (χ2v) is 4.90. The summed E-state index contributed by atoms with van der Waals surface area (Å²) in [6.45, 7) is 4.89. The van der Waals surface area contributed by atoms with Gasteiger partial charge in [-0.3, -0.25) is 4.79 Å². The molecule has 3 nitrogen and oxygen atoms in total. The molecule has 17 heavy (non-hydrogen) atoms. The van der Waals surface area contributed by atoms with Crippen LogP contribution in [0.25, 0.3) is 0 Å². The fourth-order valence-electron chi connectivity index (χ4n) is 2.34. The average Bonchev–Trinajstić information content (AvgIpc) is 2.30. The van der Waals surface area contributed by atoms with E-state index in [9.17, 15) is 9.90 Å². The molecule has 0 aromatic heterocycles. The van der Waals surface area contributed by atoms with Gasteiger partial charge in [0.1, 0.15) is 0 Å². The highest BCUT2D eigenvalue weighted by Gasteiger charge is 2.34. The van der Waals surface area contributed by atoms with Crippen molar-refractivity contribution in [3.8, 4) is 0 Å². The first-order valence-electron chi connectivity index (χ1n) is 6.06. The minimum absolute atomic E-state index is 0.0935. The number of carbonyl (C=O) groups is 1. The van der Waals surface area contributed by atoms with Gasteiger partial charge in [0.15, 0.2) is 0 Å². The molecule has 0 saturated carbocycles. The van der Waals surface area contributed by atoms with Crippen LogP contribution in [0.2, 0.25) is 0 Å². The maximum absolute atomic E-state index is 11.2. The van der Waals surface area contributed by atoms with Crippen LogP contribution in [0.15, 0.2) is 24.3 Å². The molecule has 1 aromatic rings. The van der Waals surface area contributed by atoms with Gasteiger partial charge in [-0.25, -0.2) is 0 Å². The first kappa shape index (κ1) is 12.1. The van der Waals surface area contributed by atoms with Crippen LogP contribution in [0.5, 0.6) is 0 Å². The van der Waals surface area contributed by atoms with Crippen molar-refractivity contribution in [2.75, 3.05) is 13.1 Å². The van der Waals surface area contributed by atoms with E-state index in [4.69, 9.17) is 0 Å². The van der Waals surface area contributed by atoms with Crippen LogP contribution in [-0.2, 0) is 10.4 Å². The highest BCUT2D eigenvalue weighted by Crippen LogP contribution is 2.32. The first-order valence-corrected chi connectivity index (χ1v) is 6.06. The summed E-state index contributed by atoms with van der Waals surface area (Å²) in [6, 6.07) is 8.01. The summed E-state index contributed by atoms with van der Waals surface area (Å²) in [5, 5.41) is 10.6. The Kier molecular flexibility index (Phi) is 3.20. The molecule has 1 amide bonds. The molecule has 0 atom stereocenters. The van der Waals surface area contributed by atoms with E-state index < -0.39 is 5.60 Å². The van der Waals surface area contributed by atoms with Crippen molar-refractivity contribution in [3.63, 3.8) is 0 Å². The van der Waals surface area contributed by atoms with Gasteiger partial charge in [-0.1, -0.05) is 29.8 Å². The van der Waals surface area contributed by atoms with Crippen molar-refractivity contribution in [2.24, 2.45) is 0 Å². The number of amides is 1. The summed E-state index contributed by atoms with van der Waals surface area (Å²) in [6.07, 6.45) is 1.24. The van der Waals surface area contributed by atoms with Gasteiger partial charge in [-0.15, -0.1) is 0 Å². The Balaban J connectivity index is 2.11. The first-order chi connectivity index (χ1) is 8.01. The number of piperidine rings is 1. The molecule has 0 bridgehead atoms. The molecular weight excluding hydrogens is 214 g/mol. The van der Waals surface area contributed by atoms with Gasteiger partial charge in [0, 0.05) is 20.0 Å². The molecule has 92 valence electrons. The van der Waals surface area contributed by atoms with Crippen LogP contribution in [0.1, 0.15) is 30.9 Å². The molecule has 3 heteroatoms. The number of benzene rings is 1. The lowest BCUT2D eigenvalue weighted by molar-refractivity contribution is -0.133. The SMILES string of the molecule is CC(=O)N1CCC(O)(c2ccc(C)cc2)CC1. The second kappa shape index (κ2) is 4.49. The van der Waals surface area contributed by atoms with Crippen molar-refractivity contribution < 1.29 is 9.90 Å². The third-order valence-electron chi connectivity index (χ3n) is 3.62. The van der Waals surface area contributed by atoms with Crippen molar-refractivity contribution in [1.82, 2.24) is 4.90 Å². The van der Waals surface area contributed by atoms with Gasteiger partial charge in [-0.05, 0) is 25.3 Å². The normalized spacial score (nSPS) is 19.1. The number of hydrogen-bond donors (Lipinski definition) is 1. The predicted molar refractivity (Wildman–Crippen MR) is 66.6 cm³/mol. The molecular formula is C14H19NO2. The maximum Gasteiger partial charge on any atom is 0.219 e. The van der Waals surface area contributed by atoms with E-state index >= 15 is 0 Å². The second-order valence-electron chi connectivity index (χ2n) is 4.90. The number of nitrogens with zero attached hydrogens (tertiary/aromatic N) is 1. The van der Waals surface area contributed by atoms with Crippen molar-refractivity contribution >= 4 is 5.91 Å². The number of rotatable bonds is 1. The van der Waals surface area contributed by atoms with Gasteiger partial charge < -0.3 is 10.0 Å². The molecule has 1 aliphatic heterocycles. The molecule has 1 saturated heterocycles. The summed E-state index contributed by atoms with van der Waals surface area (Å²) in [5.74, 6) is 0.0935. The highest BCUT2D eigenvalue weighted by molar-refractivity contribution is 5.73. The van der Waals surface area contributed by atoms with Crippen LogP contribution in [-0.4, -0.2) is 29.0 Å². The Labute approximate surface area is 102 Å². The molecule has 0 radical (unpaired) electrons. The van der Waals surface area contributed by atoms with Gasteiger partial charge in [-0.2, -0.15) is 0 Å². The number of aliphatic hydroxyl groups is 1. The molecule has 2 rings (SSSR count). The van der Waals surface area contributed by atoms with E-state index in [0.29, 0.717) is 25.9 Å². The van der Waals surface area contributed by atoms with Gasteiger partial charge in [0.25, 0.3) is 0 Å². The van der Waals surface area contributed by atoms with E-state index in [1.54, 1.807) is 11.8 Å². The smallest absolute Gasteiger partial charge is 0.219 e. The molecule has 0 aliphatic carbocycles. The summed E-state index contributed by atoms with van der Waals surface area (Å²) >= 11 is 0. The predicted octanol–water partition coefficient (Wildman–Crippen LogP) is 1.82. The fraction of sp³-hybridized carbons (Fsp3) is 0.500. The van der Waals surface area contributed by atoms with Gasteiger partial charge in [0.2, 0.25) is 5.91 Å². The van der Waals surface area contributed by atoms with Crippen molar-refractivity contribution in [3.05, 3.63) is 35.4 Å². The Morgan fingerprint density at radius 3 is 2.24 bits per heavy atom. The summed E-state index contributed by atoms with van der Waals surface area (Å²) in [4.78, 5) is 13.0. The van der Waals surface area contributed by atoms with E-state index in [1.165, 1.54) is 5.56 Å². The Morgan fingerprint density at radius 2 is 1.76 bits per heavy atom. The number of likely N-dealkylation sites (tertiary alicyclic amines) is 1. The molecule has 1 aromatic carbocycles. The van der Waals surface area contributed by atoms with Crippen molar-refractivity contribution in [1.29, 1.82) is 0 Å². The quantitative estimate of drug-likeness (QED) is 0.804. The third-order valence-corrected chi connectivity index (χ3v) is 3.62. The van der Waals surface area contributed by atoms with E-state index in [-0.39, 0.29) is 5.91 Å². The summed E-state index contributed by atoms with van der Waals surface area (Å²) in [5.41, 5.74) is 1.39. The zero-order valence-corrected chi connectivity index (χ0v) is 10.4. The minimum Gasteiger partial charge on any atom is -0.385 e. The molecule has 0 spiro atoms. The molecule has 1 aliphatic rings. The maximum atomic E-state index is 11.2. The van der Waals surface area contributed by atoms with E-state index in [1.807, 2.05) is 31.2 Å². The Hall–Kier alpha value is -1.35. The lowest BCUT2D eigenvalue weighted by Gasteiger charge is -2.38. The highest BCUT2D eigenvalue weighted by atomic mass is 16.3. The molecule has 1 N–H and O–H groups in total. The van der Waals surface area contributed by atoms with Gasteiger partial charge in [0.05, 0.1) is 5.60 Å². The Bertz CT molecular complexity index is 403. The zero-order chi connectivity index (χ0) is 12.5. The largest absolute Gasteiger partial charge is 0.385 e. The van der Waals surface area contributed by atoms with Crippen LogP contribution in [0.3, 0.4) is 0 Å². The minimum atomic E-state index is -0.764. The zero-order valence-electron chi connectivity index (χ0n) is 10.4. The summed E-state index contributed by atoms with van der Waals surface area (Å²) in [7, 11) is 0. The van der Waals surface area contributed by atoms with Gasteiger partial charge >= 0.3 is 0 Å². The van der Waals surface area contributed by atoms with Crippen molar-refractivity contribution in [2.45, 2.75) is 32.3 Å². The summed E-state index contributed by atoms with van der Waals surface area (Å²) < 4.78 is 0. The topological polar surface area (TPSA) is 40.5 Å². The van der Waals surface area contributed by atoms with E-state index in [2.05, 4.69) is 0 Å². The third kappa shape index (κ3) is 2.50. The Morgan fingerprint density at radius 1 is 1.24 bits per heavy atom.